The summed E-state index contributed by atoms with van der Waals surface area (Å²) < 4.78 is 1.97. The van der Waals surface area contributed by atoms with Crippen LogP contribution in [0.3, 0.4) is 0 Å². The van der Waals surface area contributed by atoms with E-state index in [1.54, 1.807) is 18.5 Å². The Labute approximate surface area is 162 Å². The number of nitrogens with zero attached hydrogens (tertiary/aromatic N) is 3. The minimum Gasteiger partial charge on any atom is -0.294 e. The molecule has 0 atom stereocenters. The summed E-state index contributed by atoms with van der Waals surface area (Å²) in [5, 5.41) is 3.27. The van der Waals surface area contributed by atoms with Crippen molar-refractivity contribution in [1.29, 1.82) is 0 Å². The van der Waals surface area contributed by atoms with Crippen LogP contribution in [0.5, 0.6) is 0 Å². The predicted octanol–water partition coefficient (Wildman–Crippen LogP) is 5.00. The molecule has 28 heavy (non-hydrogen) atoms. The molecule has 0 aliphatic carbocycles. The highest BCUT2D eigenvalue weighted by atomic mass is 16.1. The number of para-hydroxylation sites is 1. The molecule has 0 saturated carbocycles. The summed E-state index contributed by atoms with van der Waals surface area (Å²) in [6.45, 7) is 0. The first-order valence-corrected chi connectivity index (χ1v) is 9.18. The number of fused-ring (bicyclic) bond motifs is 2. The number of hydrogen-bond donors (Lipinski definition) is 0. The maximum Gasteiger partial charge on any atom is 0.234 e. The summed E-state index contributed by atoms with van der Waals surface area (Å²) >= 11 is 0. The summed E-state index contributed by atoms with van der Waals surface area (Å²) in [5.74, 6) is 0.649. The molecular formula is C24H17N3O. The summed E-state index contributed by atoms with van der Waals surface area (Å²) in [6.07, 6.45) is 3.71. The van der Waals surface area contributed by atoms with Crippen molar-refractivity contribution in [3.8, 4) is 5.95 Å². The lowest BCUT2D eigenvalue weighted by Gasteiger charge is -2.09. The van der Waals surface area contributed by atoms with Crippen molar-refractivity contribution in [2.75, 3.05) is 0 Å². The SMILES string of the molecule is O=C(Cc1cc2ccccc2n1-c1ncccn1)c1ccc2ccccc2c1. The maximum atomic E-state index is 13.1. The van der Waals surface area contributed by atoms with Crippen molar-refractivity contribution in [2.45, 2.75) is 6.42 Å². The second kappa shape index (κ2) is 6.74. The fourth-order valence-electron chi connectivity index (χ4n) is 3.61. The molecule has 0 radical (unpaired) electrons. The van der Waals surface area contributed by atoms with E-state index in [2.05, 4.69) is 9.97 Å². The molecule has 2 heterocycles. The molecule has 5 aromatic rings. The Balaban J connectivity index is 1.58. The van der Waals surface area contributed by atoms with E-state index in [-0.39, 0.29) is 12.2 Å². The van der Waals surface area contributed by atoms with Crippen molar-refractivity contribution in [2.24, 2.45) is 0 Å². The minimum atomic E-state index is 0.0748. The Morgan fingerprint density at radius 3 is 2.29 bits per heavy atom. The van der Waals surface area contributed by atoms with Gasteiger partial charge in [0.05, 0.1) is 11.9 Å². The molecule has 0 fully saturated rings. The second-order valence-electron chi connectivity index (χ2n) is 6.74. The minimum absolute atomic E-state index is 0.0748. The Morgan fingerprint density at radius 2 is 1.46 bits per heavy atom. The van der Waals surface area contributed by atoms with Gasteiger partial charge in [-0.1, -0.05) is 54.6 Å². The maximum absolute atomic E-state index is 13.1. The standard InChI is InChI=1S/C24H17N3O/c28-23(20-11-10-17-6-1-2-7-18(17)14-20)16-21-15-19-8-3-4-9-22(19)27(21)24-25-12-5-13-26-24/h1-15H,16H2. The summed E-state index contributed by atoms with van der Waals surface area (Å²) in [6, 6.07) is 25.8. The van der Waals surface area contributed by atoms with Crippen LogP contribution < -0.4 is 0 Å². The fraction of sp³-hybridized carbons (Fsp3) is 0.0417. The quantitative estimate of drug-likeness (QED) is 0.422. The highest BCUT2D eigenvalue weighted by Crippen LogP contribution is 2.24. The first kappa shape index (κ1) is 16.4. The molecule has 0 amide bonds. The van der Waals surface area contributed by atoms with Crippen LogP contribution in [0.2, 0.25) is 0 Å². The first-order chi connectivity index (χ1) is 13.8. The number of hydrogen-bond acceptors (Lipinski definition) is 3. The zero-order valence-corrected chi connectivity index (χ0v) is 15.1. The summed E-state index contributed by atoms with van der Waals surface area (Å²) in [5.41, 5.74) is 2.59. The lowest BCUT2D eigenvalue weighted by atomic mass is 10.0. The first-order valence-electron chi connectivity index (χ1n) is 9.18. The topological polar surface area (TPSA) is 47.8 Å². The van der Waals surface area contributed by atoms with Gasteiger partial charge in [0.25, 0.3) is 0 Å². The van der Waals surface area contributed by atoms with Gasteiger partial charge in [0, 0.05) is 29.0 Å². The molecule has 0 saturated heterocycles. The van der Waals surface area contributed by atoms with Gasteiger partial charge in [0.1, 0.15) is 0 Å². The Bertz CT molecular complexity index is 1310. The predicted molar refractivity (Wildman–Crippen MR) is 111 cm³/mol. The number of carbonyl (C=O) groups is 1. The van der Waals surface area contributed by atoms with Gasteiger partial charge in [-0.3, -0.25) is 9.36 Å². The lowest BCUT2D eigenvalue weighted by molar-refractivity contribution is 0.0991. The number of benzene rings is 3. The van der Waals surface area contributed by atoms with Gasteiger partial charge < -0.3 is 0 Å². The fourth-order valence-corrected chi connectivity index (χ4v) is 3.61. The van der Waals surface area contributed by atoms with E-state index >= 15 is 0 Å². The van der Waals surface area contributed by atoms with E-state index in [1.807, 2.05) is 77.4 Å². The van der Waals surface area contributed by atoms with Crippen LogP contribution in [-0.4, -0.2) is 20.3 Å². The molecule has 0 aliphatic rings. The zero-order chi connectivity index (χ0) is 18.9. The molecule has 0 N–H and O–H groups in total. The van der Waals surface area contributed by atoms with Crippen LogP contribution in [0.15, 0.2) is 91.3 Å². The highest BCUT2D eigenvalue weighted by molar-refractivity contribution is 6.01. The van der Waals surface area contributed by atoms with Crippen LogP contribution in [0.4, 0.5) is 0 Å². The third kappa shape index (κ3) is 2.85. The van der Waals surface area contributed by atoms with Crippen molar-refractivity contribution < 1.29 is 4.79 Å². The summed E-state index contributed by atoms with van der Waals surface area (Å²) in [4.78, 5) is 21.9. The normalized spacial score (nSPS) is 11.1. The number of Topliss-reactive ketones (excluding diaryl/α,β-unsaturated/α-hetero) is 1. The van der Waals surface area contributed by atoms with Gasteiger partial charge >= 0.3 is 0 Å². The largest absolute Gasteiger partial charge is 0.294 e. The molecule has 0 spiro atoms. The van der Waals surface area contributed by atoms with Gasteiger partial charge in [0.2, 0.25) is 5.95 Å². The van der Waals surface area contributed by atoms with Crippen molar-refractivity contribution >= 4 is 27.5 Å². The average Bonchev–Trinajstić information content (AvgIpc) is 3.11. The Kier molecular flexibility index (Phi) is 3.95. The van der Waals surface area contributed by atoms with E-state index in [0.717, 1.165) is 27.4 Å². The van der Waals surface area contributed by atoms with Crippen LogP contribution in [-0.2, 0) is 6.42 Å². The van der Waals surface area contributed by atoms with Gasteiger partial charge in [-0.05, 0) is 35.0 Å². The molecule has 4 heteroatoms. The monoisotopic (exact) mass is 363 g/mol. The molecule has 5 rings (SSSR count). The molecule has 134 valence electrons. The van der Waals surface area contributed by atoms with Crippen molar-refractivity contribution in [3.05, 3.63) is 103 Å². The second-order valence-corrected chi connectivity index (χ2v) is 6.74. The smallest absolute Gasteiger partial charge is 0.234 e. The van der Waals surface area contributed by atoms with Gasteiger partial charge in [-0.25, -0.2) is 9.97 Å². The third-order valence-corrected chi connectivity index (χ3v) is 4.95. The molecule has 4 nitrogen and oxygen atoms in total. The van der Waals surface area contributed by atoms with Crippen molar-refractivity contribution in [1.82, 2.24) is 14.5 Å². The van der Waals surface area contributed by atoms with Crippen molar-refractivity contribution in [3.63, 3.8) is 0 Å². The number of aromatic nitrogens is 3. The number of rotatable bonds is 4. The van der Waals surface area contributed by atoms with Crippen LogP contribution in [0.25, 0.3) is 27.6 Å². The Hall–Kier alpha value is -3.79. The van der Waals surface area contributed by atoms with E-state index in [4.69, 9.17) is 0 Å². The van der Waals surface area contributed by atoms with Gasteiger partial charge in [-0.2, -0.15) is 0 Å². The molecule has 2 aromatic heterocycles. The van der Waals surface area contributed by atoms with Gasteiger partial charge in [-0.15, -0.1) is 0 Å². The van der Waals surface area contributed by atoms with E-state index < -0.39 is 0 Å². The molecule has 0 unspecified atom stereocenters. The molecule has 0 aliphatic heterocycles. The van der Waals surface area contributed by atoms with Gasteiger partial charge in [0.15, 0.2) is 5.78 Å². The number of carbonyl (C=O) groups excluding carboxylic acids is 1. The molecular weight excluding hydrogens is 346 g/mol. The van der Waals surface area contributed by atoms with E-state index in [9.17, 15) is 4.79 Å². The van der Waals surface area contributed by atoms with E-state index in [0.29, 0.717) is 11.5 Å². The lowest BCUT2D eigenvalue weighted by Crippen LogP contribution is -2.10. The average molecular weight is 363 g/mol. The number of ketones is 1. The highest BCUT2D eigenvalue weighted by Gasteiger charge is 2.16. The van der Waals surface area contributed by atoms with E-state index in [1.165, 1.54) is 0 Å². The van der Waals surface area contributed by atoms with Crippen LogP contribution in [0.1, 0.15) is 16.1 Å². The molecule has 3 aromatic carbocycles. The van der Waals surface area contributed by atoms with Crippen LogP contribution >= 0.6 is 0 Å². The van der Waals surface area contributed by atoms with Crippen LogP contribution in [0, 0.1) is 0 Å². The molecule has 0 bridgehead atoms. The summed E-state index contributed by atoms with van der Waals surface area (Å²) in [7, 11) is 0. The Morgan fingerprint density at radius 1 is 0.750 bits per heavy atom. The zero-order valence-electron chi connectivity index (χ0n) is 15.1. The third-order valence-electron chi connectivity index (χ3n) is 4.95.